The molecule has 0 aromatic carbocycles. The van der Waals surface area contributed by atoms with Gasteiger partial charge in [0.15, 0.2) is 0 Å². The van der Waals surface area contributed by atoms with E-state index in [4.69, 9.17) is 9.84 Å². The molecule has 5 nitrogen and oxygen atoms in total. The Kier molecular flexibility index (Phi) is 5.52. The van der Waals surface area contributed by atoms with Gasteiger partial charge in [-0.15, -0.1) is 0 Å². The van der Waals surface area contributed by atoms with E-state index >= 15 is 0 Å². The minimum atomic E-state index is -0.817. The minimum Gasteiger partial charge on any atom is -0.481 e. The van der Waals surface area contributed by atoms with E-state index in [2.05, 4.69) is 11.9 Å². The molecule has 1 amide bonds. The first-order valence-corrected chi connectivity index (χ1v) is 5.89. The summed E-state index contributed by atoms with van der Waals surface area (Å²) in [6, 6.07) is -0.0860. The van der Waals surface area contributed by atoms with E-state index in [0.717, 1.165) is 25.7 Å². The summed E-state index contributed by atoms with van der Waals surface area (Å²) in [7, 11) is 0. The standard InChI is InChI=1S/C12H19NO4/c1-2-7-17-12(16)13-10-6-4-3-5-9(10)8-11(14)15/h2,9-10H,1,3-8H2,(H,13,16)(H,14,15)/t9-,10-/m0/s1. The van der Waals surface area contributed by atoms with Crippen molar-refractivity contribution in [3.63, 3.8) is 0 Å². The lowest BCUT2D eigenvalue weighted by Crippen LogP contribution is -2.43. The van der Waals surface area contributed by atoms with Crippen LogP contribution >= 0.6 is 0 Å². The van der Waals surface area contributed by atoms with Crippen LogP contribution < -0.4 is 5.32 Å². The SMILES string of the molecule is C=CCOC(=O)N[C@H]1CCCC[C@H]1CC(=O)O. The normalized spacial score (nSPS) is 23.8. The van der Waals surface area contributed by atoms with E-state index in [-0.39, 0.29) is 25.0 Å². The summed E-state index contributed by atoms with van der Waals surface area (Å²) in [5.74, 6) is -0.805. The number of alkyl carbamates (subject to hydrolysis) is 1. The summed E-state index contributed by atoms with van der Waals surface area (Å²) < 4.78 is 4.83. The van der Waals surface area contributed by atoms with Crippen LogP contribution in [0.1, 0.15) is 32.1 Å². The number of ether oxygens (including phenoxy) is 1. The molecule has 1 saturated carbocycles. The molecule has 1 rings (SSSR count). The zero-order chi connectivity index (χ0) is 12.7. The highest BCUT2D eigenvalue weighted by atomic mass is 16.5. The Morgan fingerprint density at radius 3 is 2.76 bits per heavy atom. The van der Waals surface area contributed by atoms with E-state index < -0.39 is 12.1 Å². The fourth-order valence-electron chi connectivity index (χ4n) is 2.19. The molecule has 17 heavy (non-hydrogen) atoms. The average molecular weight is 241 g/mol. The number of amides is 1. The predicted octanol–water partition coefficient (Wildman–Crippen LogP) is 1.93. The van der Waals surface area contributed by atoms with Crippen molar-refractivity contribution in [2.24, 2.45) is 5.92 Å². The van der Waals surface area contributed by atoms with Crippen LogP contribution in [0.25, 0.3) is 0 Å². The zero-order valence-corrected chi connectivity index (χ0v) is 9.85. The first-order chi connectivity index (χ1) is 8.13. The van der Waals surface area contributed by atoms with Crippen LogP contribution in [0.5, 0.6) is 0 Å². The highest BCUT2D eigenvalue weighted by Crippen LogP contribution is 2.27. The number of carbonyl (C=O) groups is 2. The largest absolute Gasteiger partial charge is 0.481 e. The number of hydrogen-bond acceptors (Lipinski definition) is 3. The molecule has 0 heterocycles. The second-order valence-corrected chi connectivity index (χ2v) is 4.28. The van der Waals surface area contributed by atoms with Crippen molar-refractivity contribution in [1.82, 2.24) is 5.32 Å². The second kappa shape index (κ2) is 6.93. The smallest absolute Gasteiger partial charge is 0.407 e. The molecule has 2 N–H and O–H groups in total. The highest BCUT2D eigenvalue weighted by molar-refractivity contribution is 5.69. The summed E-state index contributed by atoms with van der Waals surface area (Å²) in [5, 5.41) is 11.5. The Morgan fingerprint density at radius 2 is 2.12 bits per heavy atom. The molecule has 0 aliphatic heterocycles. The fourth-order valence-corrected chi connectivity index (χ4v) is 2.19. The van der Waals surface area contributed by atoms with Gasteiger partial charge in [0, 0.05) is 6.04 Å². The highest BCUT2D eigenvalue weighted by Gasteiger charge is 2.28. The summed E-state index contributed by atoms with van der Waals surface area (Å²) >= 11 is 0. The molecule has 0 radical (unpaired) electrons. The monoisotopic (exact) mass is 241 g/mol. The lowest BCUT2D eigenvalue weighted by atomic mass is 9.82. The van der Waals surface area contributed by atoms with Crippen LogP contribution in [0.3, 0.4) is 0 Å². The van der Waals surface area contributed by atoms with Crippen LogP contribution in [0.15, 0.2) is 12.7 Å². The first-order valence-electron chi connectivity index (χ1n) is 5.89. The van der Waals surface area contributed by atoms with Gasteiger partial charge in [-0.05, 0) is 18.8 Å². The average Bonchev–Trinajstić information content (AvgIpc) is 2.28. The lowest BCUT2D eigenvalue weighted by Gasteiger charge is -2.30. The number of rotatable bonds is 5. The van der Waals surface area contributed by atoms with Crippen molar-refractivity contribution in [2.75, 3.05) is 6.61 Å². The number of carboxylic acids is 1. The number of hydrogen-bond donors (Lipinski definition) is 2. The van der Waals surface area contributed by atoms with Gasteiger partial charge in [0.25, 0.3) is 0 Å². The van der Waals surface area contributed by atoms with Gasteiger partial charge in [0.05, 0.1) is 6.42 Å². The number of carbonyl (C=O) groups excluding carboxylic acids is 1. The first kappa shape index (κ1) is 13.5. The third-order valence-electron chi connectivity index (χ3n) is 2.98. The van der Waals surface area contributed by atoms with E-state index in [1.165, 1.54) is 6.08 Å². The maximum absolute atomic E-state index is 11.4. The Bertz CT molecular complexity index is 290. The molecule has 0 saturated heterocycles. The molecule has 2 atom stereocenters. The Morgan fingerprint density at radius 1 is 1.41 bits per heavy atom. The van der Waals surface area contributed by atoms with Crippen molar-refractivity contribution < 1.29 is 19.4 Å². The van der Waals surface area contributed by atoms with Gasteiger partial charge in [-0.2, -0.15) is 0 Å². The molecular formula is C12H19NO4. The molecule has 0 bridgehead atoms. The molecule has 0 spiro atoms. The molecule has 0 unspecified atom stereocenters. The maximum atomic E-state index is 11.4. The molecule has 1 aliphatic carbocycles. The van der Waals surface area contributed by atoms with Gasteiger partial charge in [-0.25, -0.2) is 4.79 Å². The van der Waals surface area contributed by atoms with Crippen molar-refractivity contribution >= 4 is 12.1 Å². The summed E-state index contributed by atoms with van der Waals surface area (Å²) in [6.07, 6.45) is 4.81. The van der Waals surface area contributed by atoms with Gasteiger partial charge in [0.2, 0.25) is 0 Å². The fraction of sp³-hybridized carbons (Fsp3) is 0.667. The van der Waals surface area contributed by atoms with Gasteiger partial charge >= 0.3 is 12.1 Å². The van der Waals surface area contributed by atoms with Crippen LogP contribution in [0.2, 0.25) is 0 Å². The maximum Gasteiger partial charge on any atom is 0.407 e. The lowest BCUT2D eigenvalue weighted by molar-refractivity contribution is -0.138. The number of carboxylic acid groups (broad SMARTS) is 1. The van der Waals surface area contributed by atoms with Crippen LogP contribution in [-0.2, 0) is 9.53 Å². The zero-order valence-electron chi connectivity index (χ0n) is 9.85. The number of aliphatic carboxylic acids is 1. The van der Waals surface area contributed by atoms with Crippen molar-refractivity contribution in [2.45, 2.75) is 38.1 Å². The summed E-state index contributed by atoms with van der Waals surface area (Å²) in [6.45, 7) is 3.62. The van der Waals surface area contributed by atoms with E-state index in [9.17, 15) is 9.59 Å². The second-order valence-electron chi connectivity index (χ2n) is 4.28. The van der Waals surface area contributed by atoms with Crippen LogP contribution in [0.4, 0.5) is 4.79 Å². The van der Waals surface area contributed by atoms with Gasteiger partial charge in [-0.1, -0.05) is 25.5 Å². The topological polar surface area (TPSA) is 75.6 Å². The van der Waals surface area contributed by atoms with Gasteiger partial charge in [0.1, 0.15) is 6.61 Å². The van der Waals surface area contributed by atoms with E-state index in [1.54, 1.807) is 0 Å². The Balaban J connectivity index is 2.44. The third-order valence-corrected chi connectivity index (χ3v) is 2.98. The minimum absolute atomic E-state index is 0.0116. The third kappa shape index (κ3) is 4.89. The molecule has 96 valence electrons. The Labute approximate surface area is 101 Å². The molecular weight excluding hydrogens is 222 g/mol. The number of nitrogens with one attached hydrogen (secondary N) is 1. The van der Waals surface area contributed by atoms with Gasteiger partial charge in [-0.3, -0.25) is 4.79 Å². The molecule has 5 heteroatoms. The Hall–Kier alpha value is -1.52. The molecule has 0 aromatic heterocycles. The quantitative estimate of drug-likeness (QED) is 0.721. The van der Waals surface area contributed by atoms with E-state index in [0.29, 0.717) is 0 Å². The predicted molar refractivity (Wildman–Crippen MR) is 62.7 cm³/mol. The van der Waals surface area contributed by atoms with Crippen molar-refractivity contribution in [3.8, 4) is 0 Å². The molecule has 1 fully saturated rings. The van der Waals surface area contributed by atoms with Crippen molar-refractivity contribution in [3.05, 3.63) is 12.7 Å². The van der Waals surface area contributed by atoms with Crippen LogP contribution in [0, 0.1) is 5.92 Å². The summed E-state index contributed by atoms with van der Waals surface area (Å²) in [4.78, 5) is 22.1. The molecule has 1 aliphatic rings. The van der Waals surface area contributed by atoms with Gasteiger partial charge < -0.3 is 15.2 Å². The van der Waals surface area contributed by atoms with E-state index in [1.807, 2.05) is 0 Å². The molecule has 0 aromatic rings. The van der Waals surface area contributed by atoms with Crippen molar-refractivity contribution in [1.29, 1.82) is 0 Å². The summed E-state index contributed by atoms with van der Waals surface area (Å²) in [5.41, 5.74) is 0. The van der Waals surface area contributed by atoms with Crippen LogP contribution in [-0.4, -0.2) is 29.8 Å².